The summed E-state index contributed by atoms with van der Waals surface area (Å²) in [4.78, 5) is 13.5. The van der Waals surface area contributed by atoms with Crippen molar-refractivity contribution in [1.29, 1.82) is 0 Å². The molecular formula is C18H25N5O2. The lowest BCUT2D eigenvalue weighted by Gasteiger charge is -2.53. The van der Waals surface area contributed by atoms with Crippen LogP contribution in [0.1, 0.15) is 44.6 Å². The Morgan fingerprint density at radius 3 is 2.64 bits per heavy atom. The van der Waals surface area contributed by atoms with Crippen LogP contribution in [0.5, 0.6) is 0 Å². The van der Waals surface area contributed by atoms with Crippen LogP contribution in [0.25, 0.3) is 11.2 Å². The van der Waals surface area contributed by atoms with Crippen molar-refractivity contribution >= 4 is 17.0 Å². The number of aliphatic hydroxyl groups excluding tert-OH is 2. The Hall–Kier alpha value is -1.73. The summed E-state index contributed by atoms with van der Waals surface area (Å²) < 4.78 is 2.21. The van der Waals surface area contributed by atoms with Crippen molar-refractivity contribution < 1.29 is 10.2 Å². The fraction of sp³-hybridized carbons (Fsp3) is 0.722. The van der Waals surface area contributed by atoms with Crippen LogP contribution >= 0.6 is 0 Å². The van der Waals surface area contributed by atoms with E-state index in [0.717, 1.165) is 42.7 Å². The molecule has 4 aliphatic carbocycles. The summed E-state index contributed by atoms with van der Waals surface area (Å²) in [5.74, 6) is 1.66. The lowest BCUT2D eigenvalue weighted by Crippen LogP contribution is -2.50. The van der Waals surface area contributed by atoms with Crippen LogP contribution in [0.15, 0.2) is 12.7 Å². The van der Waals surface area contributed by atoms with Crippen LogP contribution in [0, 0.1) is 17.3 Å². The summed E-state index contributed by atoms with van der Waals surface area (Å²) in [6, 6.07) is 0.877. The maximum Gasteiger partial charge on any atom is 0.165 e. The van der Waals surface area contributed by atoms with E-state index in [1.54, 1.807) is 6.33 Å². The molecule has 0 spiro atoms. The van der Waals surface area contributed by atoms with Gasteiger partial charge in [-0.25, -0.2) is 15.0 Å². The highest BCUT2D eigenvalue weighted by molar-refractivity contribution is 5.83. The van der Waals surface area contributed by atoms with Gasteiger partial charge >= 0.3 is 0 Å². The van der Waals surface area contributed by atoms with Crippen LogP contribution in [-0.4, -0.2) is 49.0 Å². The fourth-order valence-electron chi connectivity index (χ4n) is 5.09. The van der Waals surface area contributed by atoms with Crippen LogP contribution in [0.2, 0.25) is 0 Å². The predicted molar refractivity (Wildman–Crippen MR) is 93.1 cm³/mol. The number of aromatic nitrogens is 4. The van der Waals surface area contributed by atoms with Crippen LogP contribution in [0.4, 0.5) is 5.82 Å². The third-order valence-corrected chi connectivity index (χ3v) is 6.75. The summed E-state index contributed by atoms with van der Waals surface area (Å²) in [7, 11) is 0. The second kappa shape index (κ2) is 5.64. The minimum Gasteiger partial charge on any atom is -0.396 e. The van der Waals surface area contributed by atoms with E-state index in [1.807, 2.05) is 6.33 Å². The van der Waals surface area contributed by atoms with E-state index in [4.69, 9.17) is 0 Å². The molecule has 0 amide bonds. The predicted octanol–water partition coefficient (Wildman–Crippen LogP) is 1.73. The first-order valence-electron chi connectivity index (χ1n) is 9.40. The second-order valence-corrected chi connectivity index (χ2v) is 8.19. The average Bonchev–Trinajstić information content (AvgIpc) is 3.37. The standard InChI is InChI=1S/C18H25N5O2/c24-7-18(8-25)6-11-1-2-12(18)5-14(11)23-10-21-15-16(22-13-3-4-13)19-9-20-17(15)23/h9-14,24-25H,1-8H2,(H,19,20,22)/t11-,12-,14+/m1/s1. The molecule has 3 N–H and O–H groups in total. The molecule has 0 unspecified atom stereocenters. The van der Waals surface area contributed by atoms with Gasteiger partial charge in [0.25, 0.3) is 0 Å². The molecule has 7 nitrogen and oxygen atoms in total. The Balaban J connectivity index is 1.48. The highest BCUT2D eigenvalue weighted by atomic mass is 16.3. The summed E-state index contributed by atoms with van der Waals surface area (Å²) in [5.41, 5.74) is 1.45. The molecule has 2 heterocycles. The van der Waals surface area contributed by atoms with Crippen molar-refractivity contribution in [2.45, 2.75) is 50.6 Å². The number of rotatable bonds is 5. The highest BCUT2D eigenvalue weighted by Crippen LogP contribution is 2.56. The van der Waals surface area contributed by atoms with Crippen molar-refractivity contribution in [1.82, 2.24) is 19.5 Å². The molecule has 25 heavy (non-hydrogen) atoms. The molecule has 4 fully saturated rings. The van der Waals surface area contributed by atoms with Crippen LogP contribution in [-0.2, 0) is 0 Å². The average molecular weight is 343 g/mol. The number of anilines is 1. The molecule has 2 bridgehead atoms. The van der Waals surface area contributed by atoms with E-state index in [0.29, 0.717) is 23.9 Å². The largest absolute Gasteiger partial charge is 0.396 e. The Kier molecular flexibility index (Phi) is 3.50. The molecule has 2 aromatic rings. The van der Waals surface area contributed by atoms with Gasteiger partial charge in [-0.3, -0.25) is 0 Å². The Morgan fingerprint density at radius 1 is 1.12 bits per heavy atom. The monoisotopic (exact) mass is 343 g/mol. The zero-order valence-electron chi connectivity index (χ0n) is 14.3. The molecule has 0 aliphatic heterocycles. The molecular weight excluding hydrogens is 318 g/mol. The van der Waals surface area contributed by atoms with Crippen molar-refractivity contribution in [2.75, 3.05) is 18.5 Å². The summed E-state index contributed by atoms with van der Waals surface area (Å²) in [6.45, 7) is 0.166. The molecule has 0 saturated heterocycles. The van der Waals surface area contributed by atoms with E-state index >= 15 is 0 Å². The summed E-state index contributed by atoms with van der Waals surface area (Å²) in [5, 5.41) is 23.2. The first-order chi connectivity index (χ1) is 12.2. The molecule has 4 aliphatic rings. The van der Waals surface area contributed by atoms with Crippen LogP contribution in [0.3, 0.4) is 0 Å². The highest BCUT2D eigenvalue weighted by Gasteiger charge is 2.51. The van der Waals surface area contributed by atoms with E-state index in [9.17, 15) is 10.2 Å². The first-order valence-corrected chi connectivity index (χ1v) is 9.40. The van der Waals surface area contributed by atoms with Gasteiger partial charge in [0.15, 0.2) is 11.5 Å². The number of imidazole rings is 1. The van der Waals surface area contributed by atoms with Gasteiger partial charge in [0, 0.05) is 17.5 Å². The van der Waals surface area contributed by atoms with Gasteiger partial charge in [0.2, 0.25) is 0 Å². The third-order valence-electron chi connectivity index (χ3n) is 6.75. The third kappa shape index (κ3) is 2.36. The number of hydrogen-bond acceptors (Lipinski definition) is 6. The Bertz CT molecular complexity index is 783. The Morgan fingerprint density at radius 2 is 1.96 bits per heavy atom. The fourth-order valence-corrected chi connectivity index (χ4v) is 5.09. The molecule has 6 rings (SSSR count). The molecule has 4 saturated carbocycles. The first kappa shape index (κ1) is 15.5. The van der Waals surface area contributed by atoms with E-state index in [-0.39, 0.29) is 18.6 Å². The van der Waals surface area contributed by atoms with Crippen molar-refractivity contribution in [3.8, 4) is 0 Å². The number of nitrogens with zero attached hydrogens (tertiary/aromatic N) is 4. The second-order valence-electron chi connectivity index (χ2n) is 8.19. The van der Waals surface area contributed by atoms with Gasteiger partial charge in [-0.1, -0.05) is 0 Å². The normalized spacial score (nSPS) is 30.7. The zero-order valence-corrected chi connectivity index (χ0v) is 14.3. The SMILES string of the molecule is OCC1(CO)C[C@H]2CC[C@@H]1C[C@@H]2n1cnc2c(NC3CC3)ncnc21. The summed E-state index contributed by atoms with van der Waals surface area (Å²) in [6.07, 6.45) is 10.0. The van der Waals surface area contributed by atoms with E-state index < -0.39 is 0 Å². The van der Waals surface area contributed by atoms with Gasteiger partial charge in [-0.05, 0) is 50.4 Å². The number of hydrogen-bond donors (Lipinski definition) is 3. The molecule has 0 aromatic carbocycles. The van der Waals surface area contributed by atoms with Crippen molar-refractivity contribution in [2.24, 2.45) is 17.3 Å². The lowest BCUT2D eigenvalue weighted by atomic mass is 9.54. The van der Waals surface area contributed by atoms with Gasteiger partial charge in [-0.2, -0.15) is 0 Å². The molecule has 0 radical (unpaired) electrons. The molecule has 134 valence electrons. The van der Waals surface area contributed by atoms with Crippen molar-refractivity contribution in [3.05, 3.63) is 12.7 Å². The van der Waals surface area contributed by atoms with Gasteiger partial charge in [0.1, 0.15) is 11.8 Å². The molecule has 3 atom stereocenters. The van der Waals surface area contributed by atoms with E-state index in [2.05, 4.69) is 24.8 Å². The number of fused-ring (bicyclic) bond motifs is 4. The van der Waals surface area contributed by atoms with Gasteiger partial charge in [0.05, 0.1) is 19.5 Å². The molecule has 7 heteroatoms. The minimum absolute atomic E-state index is 0.0830. The number of nitrogens with one attached hydrogen (secondary N) is 1. The molecule has 2 aromatic heterocycles. The lowest BCUT2D eigenvalue weighted by molar-refractivity contribution is -0.0932. The maximum absolute atomic E-state index is 9.87. The topological polar surface area (TPSA) is 96.1 Å². The minimum atomic E-state index is -0.302. The summed E-state index contributed by atoms with van der Waals surface area (Å²) >= 11 is 0. The van der Waals surface area contributed by atoms with Crippen molar-refractivity contribution in [3.63, 3.8) is 0 Å². The van der Waals surface area contributed by atoms with Crippen LogP contribution < -0.4 is 5.32 Å². The quantitative estimate of drug-likeness (QED) is 0.765. The Labute approximate surface area is 146 Å². The van der Waals surface area contributed by atoms with Gasteiger partial charge in [-0.15, -0.1) is 0 Å². The maximum atomic E-state index is 9.87. The van der Waals surface area contributed by atoms with Gasteiger partial charge < -0.3 is 20.1 Å². The number of aliphatic hydroxyl groups is 2. The van der Waals surface area contributed by atoms with E-state index in [1.165, 1.54) is 12.8 Å². The zero-order chi connectivity index (χ0) is 17.0. The smallest absolute Gasteiger partial charge is 0.165 e.